The van der Waals surface area contributed by atoms with Crippen LogP contribution in [0.15, 0.2) is 0 Å². The van der Waals surface area contributed by atoms with Crippen LogP contribution in [0.5, 0.6) is 0 Å². The predicted octanol–water partition coefficient (Wildman–Crippen LogP) is 1.06. The number of hydrogen-bond acceptors (Lipinski definition) is 5. The lowest BCUT2D eigenvalue weighted by molar-refractivity contribution is -0.124. The molecule has 0 bridgehead atoms. The molecule has 6 heteroatoms. The number of hydrogen-bond donors (Lipinski definition) is 3. The fourth-order valence-corrected chi connectivity index (χ4v) is 2.56. The Kier molecular flexibility index (Phi) is 5.43. The predicted molar refractivity (Wildman–Crippen MR) is 72.5 cm³/mol. The van der Waals surface area contributed by atoms with Gasteiger partial charge in [0.05, 0.1) is 6.04 Å². The number of carbonyl (C=O) groups excluding carboxylic acids is 1. The smallest absolute Gasteiger partial charge is 0.237 e. The van der Waals surface area contributed by atoms with Crippen molar-refractivity contribution in [3.05, 3.63) is 0 Å². The van der Waals surface area contributed by atoms with Gasteiger partial charge in [0, 0.05) is 18.6 Å². The number of nitrogens with zero attached hydrogens (tertiary/aromatic N) is 1. The van der Waals surface area contributed by atoms with Gasteiger partial charge >= 0.3 is 0 Å². The van der Waals surface area contributed by atoms with E-state index >= 15 is 0 Å². The van der Waals surface area contributed by atoms with Crippen molar-refractivity contribution in [1.29, 1.82) is 0 Å². The average molecular weight is 263 g/mol. The van der Waals surface area contributed by atoms with E-state index < -0.39 is 0 Å². The van der Waals surface area contributed by atoms with Gasteiger partial charge in [-0.1, -0.05) is 11.7 Å². The highest BCUT2D eigenvalue weighted by Gasteiger charge is 2.32. The molecule has 0 radical (unpaired) electrons. The van der Waals surface area contributed by atoms with Crippen LogP contribution in [-0.2, 0) is 4.79 Å². The van der Waals surface area contributed by atoms with Gasteiger partial charge in [0.2, 0.25) is 5.91 Å². The second-order valence-electron chi connectivity index (χ2n) is 4.57. The highest BCUT2D eigenvalue weighted by atomic mass is 33.1. The summed E-state index contributed by atoms with van der Waals surface area (Å²) in [6.45, 7) is 5.93. The highest BCUT2D eigenvalue weighted by molar-refractivity contribution is 8.67. The maximum atomic E-state index is 11.8. The average Bonchev–Trinajstić information content (AvgIpc) is 2.28. The van der Waals surface area contributed by atoms with Crippen molar-refractivity contribution >= 4 is 28.5 Å². The van der Waals surface area contributed by atoms with E-state index in [1.807, 2.05) is 6.92 Å². The third kappa shape index (κ3) is 3.84. The van der Waals surface area contributed by atoms with Crippen molar-refractivity contribution < 1.29 is 4.79 Å². The van der Waals surface area contributed by atoms with Gasteiger partial charge in [-0.25, -0.2) is 4.31 Å². The molecule has 0 aromatic rings. The molecule has 1 fully saturated rings. The Labute approximate surface area is 107 Å². The third-order valence-corrected chi connectivity index (χ3v) is 4.48. The second kappa shape index (κ2) is 6.14. The van der Waals surface area contributed by atoms with E-state index in [2.05, 4.69) is 33.5 Å². The number of amides is 1. The van der Waals surface area contributed by atoms with Crippen LogP contribution < -0.4 is 10.6 Å². The Balaban J connectivity index is 2.44. The van der Waals surface area contributed by atoms with Crippen molar-refractivity contribution in [2.75, 3.05) is 20.1 Å². The van der Waals surface area contributed by atoms with Crippen LogP contribution in [0, 0.1) is 0 Å². The molecule has 0 spiro atoms. The molecule has 0 aliphatic carbocycles. The molecule has 1 unspecified atom stereocenters. The lowest BCUT2D eigenvalue weighted by Gasteiger charge is -2.39. The van der Waals surface area contributed by atoms with Crippen LogP contribution in [0.1, 0.15) is 26.7 Å². The summed E-state index contributed by atoms with van der Waals surface area (Å²) in [5.74, 6) is 0.0805. The van der Waals surface area contributed by atoms with Gasteiger partial charge in [0.1, 0.15) is 0 Å². The van der Waals surface area contributed by atoms with E-state index in [9.17, 15) is 4.79 Å². The summed E-state index contributed by atoms with van der Waals surface area (Å²) in [5, 5.41) is 6.08. The van der Waals surface area contributed by atoms with Crippen LogP contribution in [0.25, 0.3) is 0 Å². The Bertz CT molecular complexity index is 242. The first kappa shape index (κ1) is 14.2. The maximum absolute atomic E-state index is 11.8. The zero-order chi connectivity index (χ0) is 12.2. The van der Waals surface area contributed by atoms with Crippen molar-refractivity contribution in [2.24, 2.45) is 0 Å². The SMILES string of the molecule is CNC(C)C(=O)NC1(C)CCN(SS)CC1. The minimum Gasteiger partial charge on any atom is -0.350 e. The van der Waals surface area contributed by atoms with Gasteiger partial charge in [-0.05, 0) is 44.7 Å². The molecule has 1 aliphatic rings. The molecule has 0 saturated carbocycles. The number of likely N-dealkylation sites (N-methyl/N-ethyl adjacent to an activating group) is 1. The van der Waals surface area contributed by atoms with Crippen LogP contribution in [0.4, 0.5) is 0 Å². The third-order valence-electron chi connectivity index (χ3n) is 3.19. The normalized spacial score (nSPS) is 22.8. The minimum atomic E-state index is -0.130. The maximum Gasteiger partial charge on any atom is 0.237 e. The summed E-state index contributed by atoms with van der Waals surface area (Å²) < 4.78 is 2.21. The van der Waals surface area contributed by atoms with Crippen molar-refractivity contribution in [3.8, 4) is 0 Å². The van der Waals surface area contributed by atoms with Gasteiger partial charge in [-0.2, -0.15) is 0 Å². The van der Waals surface area contributed by atoms with E-state index in [-0.39, 0.29) is 17.5 Å². The van der Waals surface area contributed by atoms with Crippen molar-refractivity contribution in [1.82, 2.24) is 14.9 Å². The van der Waals surface area contributed by atoms with Gasteiger partial charge < -0.3 is 10.6 Å². The van der Waals surface area contributed by atoms with Gasteiger partial charge in [-0.15, -0.1) is 0 Å². The summed E-state index contributed by atoms with van der Waals surface area (Å²) in [5.41, 5.74) is -0.0673. The van der Waals surface area contributed by atoms with Crippen LogP contribution in [0.3, 0.4) is 0 Å². The second-order valence-corrected chi connectivity index (χ2v) is 5.74. The Morgan fingerprint density at radius 2 is 2.06 bits per heavy atom. The standard InChI is InChI=1S/C10H21N3OS2/c1-8(11-3)9(14)12-10(2)4-6-13(16-15)7-5-10/h8,11,15H,4-7H2,1-3H3,(H,12,14). The number of rotatable bonds is 4. The fraction of sp³-hybridized carbons (Fsp3) is 0.900. The summed E-state index contributed by atoms with van der Waals surface area (Å²) in [6.07, 6.45) is 1.95. The molecule has 1 atom stereocenters. The fourth-order valence-electron chi connectivity index (χ4n) is 1.72. The van der Waals surface area contributed by atoms with Gasteiger partial charge in [0.15, 0.2) is 0 Å². The molecule has 1 aliphatic heterocycles. The van der Waals surface area contributed by atoms with Crippen molar-refractivity contribution in [2.45, 2.75) is 38.3 Å². The zero-order valence-corrected chi connectivity index (χ0v) is 11.8. The Morgan fingerprint density at radius 3 is 2.50 bits per heavy atom. The lowest BCUT2D eigenvalue weighted by atomic mass is 9.90. The molecule has 0 aromatic heterocycles. The van der Waals surface area contributed by atoms with E-state index in [4.69, 9.17) is 0 Å². The molecule has 94 valence electrons. The molecule has 1 heterocycles. The summed E-state index contributed by atoms with van der Waals surface area (Å²) in [6, 6.07) is -0.130. The van der Waals surface area contributed by atoms with Crippen LogP contribution >= 0.6 is 22.6 Å². The summed E-state index contributed by atoms with van der Waals surface area (Å²) >= 11 is 4.18. The topological polar surface area (TPSA) is 44.4 Å². The number of nitrogens with one attached hydrogen (secondary N) is 2. The molecule has 0 aromatic carbocycles. The van der Waals surface area contributed by atoms with Crippen LogP contribution in [-0.4, -0.2) is 41.9 Å². The first-order valence-corrected chi connectivity index (χ1v) is 7.39. The minimum absolute atomic E-state index is 0.0673. The first-order chi connectivity index (χ1) is 7.50. The van der Waals surface area contributed by atoms with Gasteiger partial charge in [-0.3, -0.25) is 4.79 Å². The monoisotopic (exact) mass is 263 g/mol. The largest absolute Gasteiger partial charge is 0.350 e. The molecule has 1 saturated heterocycles. The molecular formula is C10H21N3OS2. The molecule has 1 rings (SSSR count). The highest BCUT2D eigenvalue weighted by Crippen LogP contribution is 2.27. The van der Waals surface area contributed by atoms with Gasteiger partial charge in [0.25, 0.3) is 0 Å². The zero-order valence-electron chi connectivity index (χ0n) is 10.1. The first-order valence-electron chi connectivity index (χ1n) is 5.56. The van der Waals surface area contributed by atoms with E-state index in [0.717, 1.165) is 25.9 Å². The van der Waals surface area contributed by atoms with Crippen LogP contribution in [0.2, 0.25) is 0 Å². The number of piperidine rings is 1. The molecule has 1 amide bonds. The molecule has 4 nitrogen and oxygen atoms in total. The number of thiol groups is 1. The summed E-state index contributed by atoms with van der Waals surface area (Å²) in [7, 11) is 3.28. The number of carbonyl (C=O) groups is 1. The van der Waals surface area contributed by atoms with E-state index in [1.54, 1.807) is 7.05 Å². The quantitative estimate of drug-likeness (QED) is 0.403. The van der Waals surface area contributed by atoms with E-state index in [0.29, 0.717) is 0 Å². The molecular weight excluding hydrogens is 242 g/mol. The molecule has 2 N–H and O–H groups in total. The van der Waals surface area contributed by atoms with E-state index in [1.165, 1.54) is 11.0 Å². The Morgan fingerprint density at radius 1 is 1.50 bits per heavy atom. The van der Waals surface area contributed by atoms with Crippen molar-refractivity contribution in [3.63, 3.8) is 0 Å². The lowest BCUT2D eigenvalue weighted by Crippen LogP contribution is -2.55. The Hall–Kier alpha value is 0.0900. The summed E-state index contributed by atoms with van der Waals surface area (Å²) in [4.78, 5) is 11.8. The molecule has 16 heavy (non-hydrogen) atoms.